The zero-order valence-corrected chi connectivity index (χ0v) is 18.7. The van der Waals surface area contributed by atoms with Crippen molar-refractivity contribution in [1.29, 1.82) is 0 Å². The number of aliphatic hydroxyl groups excluding tert-OH is 1. The van der Waals surface area contributed by atoms with Crippen molar-refractivity contribution in [2.75, 3.05) is 32.8 Å². The van der Waals surface area contributed by atoms with E-state index in [4.69, 9.17) is 4.74 Å². The van der Waals surface area contributed by atoms with Gasteiger partial charge in [-0.15, -0.1) is 0 Å². The molecule has 2 aromatic rings. The monoisotopic (exact) mass is 448 g/mol. The lowest BCUT2D eigenvalue weighted by Gasteiger charge is -2.31. The van der Waals surface area contributed by atoms with Crippen molar-refractivity contribution >= 4 is 10.0 Å². The summed E-state index contributed by atoms with van der Waals surface area (Å²) < 4.78 is 32.8. The second kappa shape index (κ2) is 10.9. The fourth-order valence-electron chi connectivity index (χ4n) is 3.65. The van der Waals surface area contributed by atoms with Crippen LogP contribution in [0.25, 0.3) is 0 Å². The van der Waals surface area contributed by atoms with Crippen LogP contribution in [-0.4, -0.2) is 61.8 Å². The molecular weight excluding hydrogens is 416 g/mol. The summed E-state index contributed by atoms with van der Waals surface area (Å²) in [5.74, 6) is 1.14. The third-order valence-electron chi connectivity index (χ3n) is 5.63. The fourth-order valence-corrected chi connectivity index (χ4v) is 5.12. The summed E-state index contributed by atoms with van der Waals surface area (Å²) in [6.07, 6.45) is 1.81. The van der Waals surface area contributed by atoms with E-state index in [1.807, 2.05) is 19.1 Å². The second-order valence-corrected chi connectivity index (χ2v) is 9.90. The first-order valence-electron chi connectivity index (χ1n) is 10.8. The normalized spacial score (nSPS) is 16.8. The van der Waals surface area contributed by atoms with E-state index in [-0.39, 0.29) is 12.4 Å². The van der Waals surface area contributed by atoms with Crippen molar-refractivity contribution in [3.8, 4) is 11.5 Å². The van der Waals surface area contributed by atoms with Crippen LogP contribution in [0.15, 0.2) is 53.4 Å². The lowest BCUT2D eigenvalue weighted by atomic mass is 9.98. The minimum atomic E-state index is -3.44. The first-order valence-corrected chi connectivity index (χ1v) is 12.2. The smallest absolute Gasteiger partial charge is 0.243 e. The molecule has 2 aromatic carbocycles. The van der Waals surface area contributed by atoms with Crippen molar-refractivity contribution in [3.05, 3.63) is 54.1 Å². The molecule has 0 radical (unpaired) electrons. The Bertz CT molecular complexity index is 908. The van der Waals surface area contributed by atoms with Gasteiger partial charge in [-0.25, -0.2) is 8.42 Å². The average molecular weight is 449 g/mol. The molecule has 31 heavy (non-hydrogen) atoms. The molecule has 1 aliphatic rings. The highest BCUT2D eigenvalue weighted by molar-refractivity contribution is 7.89. The minimum absolute atomic E-state index is 0.158. The van der Waals surface area contributed by atoms with Crippen LogP contribution in [0, 0.1) is 5.92 Å². The molecule has 0 bridgehead atoms. The maximum atomic E-state index is 12.9. The molecule has 1 aliphatic heterocycles. The van der Waals surface area contributed by atoms with Gasteiger partial charge in [0.25, 0.3) is 0 Å². The van der Waals surface area contributed by atoms with Gasteiger partial charge < -0.3 is 20.3 Å². The van der Waals surface area contributed by atoms with Crippen LogP contribution in [0.5, 0.6) is 11.5 Å². The largest absolute Gasteiger partial charge is 0.508 e. The number of hydrogen-bond acceptors (Lipinski definition) is 6. The summed E-state index contributed by atoms with van der Waals surface area (Å²) in [5.41, 5.74) is 1.12. The predicted molar refractivity (Wildman–Crippen MR) is 120 cm³/mol. The average Bonchev–Trinajstić information content (AvgIpc) is 2.79. The molecule has 0 spiro atoms. The SMILES string of the molecule is CCc1ccc(S(=O)(=O)N2CCC(CNC[C@H](O)COc3ccc(O)cc3)CC2)cc1. The Morgan fingerprint density at radius 3 is 2.35 bits per heavy atom. The summed E-state index contributed by atoms with van der Waals surface area (Å²) >= 11 is 0. The standard InChI is InChI=1S/C23H32N2O5S/c1-2-18-3-9-23(10-4-18)31(28,29)25-13-11-19(12-14-25)15-24-16-21(27)17-30-22-7-5-20(26)6-8-22/h3-10,19,21,24,26-27H,2,11-17H2,1H3/t21-/m0/s1. The maximum Gasteiger partial charge on any atom is 0.243 e. The number of sulfonamides is 1. The summed E-state index contributed by atoms with van der Waals surface area (Å²) in [6.45, 7) is 4.36. The maximum absolute atomic E-state index is 12.9. The number of piperidine rings is 1. The molecule has 3 N–H and O–H groups in total. The second-order valence-electron chi connectivity index (χ2n) is 7.96. The van der Waals surface area contributed by atoms with E-state index >= 15 is 0 Å². The van der Waals surface area contributed by atoms with Gasteiger partial charge in [-0.1, -0.05) is 19.1 Å². The number of phenolic OH excluding ortho intramolecular Hbond substituents is 1. The van der Waals surface area contributed by atoms with Crippen molar-refractivity contribution in [1.82, 2.24) is 9.62 Å². The number of aromatic hydroxyl groups is 1. The number of phenols is 1. The zero-order valence-electron chi connectivity index (χ0n) is 17.9. The number of ether oxygens (including phenoxy) is 1. The van der Waals surface area contributed by atoms with Crippen LogP contribution in [0.2, 0.25) is 0 Å². The van der Waals surface area contributed by atoms with Crippen molar-refractivity contribution in [3.63, 3.8) is 0 Å². The Morgan fingerprint density at radius 1 is 1.10 bits per heavy atom. The first kappa shape index (κ1) is 23.5. The van der Waals surface area contributed by atoms with Crippen molar-refractivity contribution in [2.24, 2.45) is 5.92 Å². The van der Waals surface area contributed by atoms with Gasteiger partial charge in [0.1, 0.15) is 24.2 Å². The van der Waals surface area contributed by atoms with Gasteiger partial charge in [0, 0.05) is 19.6 Å². The highest BCUT2D eigenvalue weighted by atomic mass is 32.2. The molecule has 0 saturated carbocycles. The molecule has 8 heteroatoms. The molecule has 1 heterocycles. The summed E-state index contributed by atoms with van der Waals surface area (Å²) in [6, 6.07) is 13.5. The minimum Gasteiger partial charge on any atom is -0.508 e. The van der Waals surface area contributed by atoms with Gasteiger partial charge in [-0.05, 0) is 73.7 Å². The Labute approximate surface area is 184 Å². The van der Waals surface area contributed by atoms with E-state index < -0.39 is 16.1 Å². The third-order valence-corrected chi connectivity index (χ3v) is 7.55. The first-order chi connectivity index (χ1) is 14.9. The topological polar surface area (TPSA) is 99.1 Å². The number of hydrogen-bond donors (Lipinski definition) is 3. The van der Waals surface area contributed by atoms with Crippen LogP contribution in [-0.2, 0) is 16.4 Å². The van der Waals surface area contributed by atoms with Gasteiger partial charge in [0.2, 0.25) is 10.0 Å². The number of aliphatic hydroxyl groups is 1. The van der Waals surface area contributed by atoms with E-state index in [1.165, 1.54) is 12.1 Å². The van der Waals surface area contributed by atoms with E-state index in [0.717, 1.165) is 31.4 Å². The lowest BCUT2D eigenvalue weighted by molar-refractivity contribution is 0.104. The van der Waals surface area contributed by atoms with Gasteiger partial charge in [0.15, 0.2) is 0 Å². The van der Waals surface area contributed by atoms with Crippen LogP contribution in [0.3, 0.4) is 0 Å². The predicted octanol–water partition coefficient (Wildman–Crippen LogP) is 2.38. The van der Waals surface area contributed by atoms with Gasteiger partial charge >= 0.3 is 0 Å². The van der Waals surface area contributed by atoms with Crippen molar-refractivity contribution < 1.29 is 23.4 Å². The van der Waals surface area contributed by atoms with Gasteiger partial charge in [0.05, 0.1) is 4.90 Å². The molecule has 170 valence electrons. The molecule has 0 aliphatic carbocycles. The zero-order chi connectivity index (χ0) is 22.3. The number of rotatable bonds is 10. The molecule has 0 amide bonds. The number of aryl methyl sites for hydroxylation is 1. The third kappa shape index (κ3) is 6.67. The molecule has 0 aromatic heterocycles. The molecular formula is C23H32N2O5S. The number of nitrogens with one attached hydrogen (secondary N) is 1. The van der Waals surface area contributed by atoms with Gasteiger partial charge in [-0.2, -0.15) is 4.31 Å². The van der Waals surface area contributed by atoms with E-state index in [2.05, 4.69) is 5.32 Å². The van der Waals surface area contributed by atoms with Crippen LogP contribution < -0.4 is 10.1 Å². The Morgan fingerprint density at radius 2 is 1.74 bits per heavy atom. The Kier molecular flexibility index (Phi) is 8.31. The summed E-state index contributed by atoms with van der Waals surface area (Å²) in [5, 5.41) is 22.6. The molecule has 0 unspecified atom stereocenters. The molecule has 3 rings (SSSR count). The molecule has 1 saturated heterocycles. The fraction of sp³-hybridized carbons (Fsp3) is 0.478. The summed E-state index contributed by atoms with van der Waals surface area (Å²) in [7, 11) is -3.44. The quantitative estimate of drug-likeness (QED) is 0.516. The van der Waals surface area contributed by atoms with Crippen LogP contribution >= 0.6 is 0 Å². The molecule has 1 fully saturated rings. The van der Waals surface area contributed by atoms with Gasteiger partial charge in [-0.3, -0.25) is 0 Å². The van der Waals surface area contributed by atoms with Crippen molar-refractivity contribution in [2.45, 2.75) is 37.2 Å². The Balaban J connectivity index is 1.37. The lowest BCUT2D eigenvalue weighted by Crippen LogP contribution is -2.42. The number of nitrogens with zero attached hydrogens (tertiary/aromatic N) is 1. The molecule has 1 atom stereocenters. The van der Waals surface area contributed by atoms with Crippen LogP contribution in [0.4, 0.5) is 0 Å². The van der Waals surface area contributed by atoms with E-state index in [1.54, 1.807) is 28.6 Å². The van der Waals surface area contributed by atoms with E-state index in [0.29, 0.717) is 36.2 Å². The Hall–Kier alpha value is -2.13. The van der Waals surface area contributed by atoms with E-state index in [9.17, 15) is 18.6 Å². The highest BCUT2D eigenvalue weighted by Gasteiger charge is 2.29. The van der Waals surface area contributed by atoms with Crippen LogP contribution in [0.1, 0.15) is 25.3 Å². The highest BCUT2D eigenvalue weighted by Crippen LogP contribution is 2.24. The number of benzene rings is 2. The summed E-state index contributed by atoms with van der Waals surface area (Å²) in [4.78, 5) is 0.359. The molecule has 7 nitrogen and oxygen atoms in total.